The molecule has 5 rings (SSSR count). The Labute approximate surface area is 151 Å². The van der Waals surface area contributed by atoms with Gasteiger partial charge in [0.2, 0.25) is 5.91 Å². The lowest BCUT2D eigenvalue weighted by Crippen LogP contribution is -2.43. The molecule has 0 N–H and O–H groups in total. The van der Waals surface area contributed by atoms with Gasteiger partial charge in [0.15, 0.2) is 0 Å². The Balaban J connectivity index is 1.43. The van der Waals surface area contributed by atoms with Gasteiger partial charge in [0.25, 0.3) is 0 Å². The van der Waals surface area contributed by atoms with Gasteiger partial charge in [-0.05, 0) is 24.5 Å². The third-order valence-corrected chi connectivity index (χ3v) is 5.16. The average Bonchev–Trinajstić information content (AvgIpc) is 3.47. The van der Waals surface area contributed by atoms with Crippen LogP contribution in [0.5, 0.6) is 0 Å². The number of benzene rings is 1. The van der Waals surface area contributed by atoms with E-state index in [9.17, 15) is 4.79 Å². The van der Waals surface area contributed by atoms with Crippen LogP contribution in [0.15, 0.2) is 48.7 Å². The quantitative estimate of drug-likeness (QED) is 0.730. The van der Waals surface area contributed by atoms with Gasteiger partial charge in [-0.2, -0.15) is 0 Å². The number of carbonyl (C=O) groups is 1. The van der Waals surface area contributed by atoms with Crippen LogP contribution in [0.1, 0.15) is 24.6 Å². The highest BCUT2D eigenvalue weighted by Crippen LogP contribution is 2.33. The largest absolute Gasteiger partial charge is 0.368 e. The number of rotatable bonds is 3. The molecule has 2 aliphatic rings. The summed E-state index contributed by atoms with van der Waals surface area (Å²) in [6, 6.07) is 14.3. The van der Waals surface area contributed by atoms with Gasteiger partial charge in [0, 0.05) is 24.2 Å². The summed E-state index contributed by atoms with van der Waals surface area (Å²) in [6.07, 6.45) is 3.82. The molecule has 2 fully saturated rings. The molecular formula is C20H20N4O2. The molecule has 3 heterocycles. The first-order valence-electron chi connectivity index (χ1n) is 9.10. The van der Waals surface area contributed by atoms with Crippen molar-refractivity contribution >= 4 is 11.4 Å². The van der Waals surface area contributed by atoms with E-state index in [0.717, 1.165) is 35.2 Å². The molecule has 26 heavy (non-hydrogen) atoms. The Kier molecular flexibility index (Phi) is 3.71. The summed E-state index contributed by atoms with van der Waals surface area (Å²) in [6.45, 7) is 1.78. The number of amides is 1. The van der Waals surface area contributed by atoms with Crippen LogP contribution in [-0.2, 0) is 9.53 Å². The van der Waals surface area contributed by atoms with Crippen molar-refractivity contribution in [2.75, 3.05) is 19.7 Å². The number of ether oxygens (including phenoxy) is 1. The second-order valence-corrected chi connectivity index (χ2v) is 7.01. The fraction of sp³-hybridized carbons (Fsp3) is 0.350. The van der Waals surface area contributed by atoms with Gasteiger partial charge >= 0.3 is 0 Å². The molecule has 1 aliphatic carbocycles. The smallest absolute Gasteiger partial charge is 0.225 e. The summed E-state index contributed by atoms with van der Waals surface area (Å²) in [7, 11) is 0. The fourth-order valence-electron chi connectivity index (χ4n) is 3.55. The standard InChI is InChI=1S/C20H20N4O2/c25-20(15-6-7-15)23-10-11-26-18(13-23)19-17-9-8-16(12-24(17)22-21-19)14-4-2-1-3-5-14/h1-5,8-9,12,15,18H,6-7,10-11,13H2/t18-/m0/s1. The van der Waals surface area contributed by atoms with Crippen LogP contribution < -0.4 is 0 Å². The SMILES string of the molecule is O=C(C1CC1)N1CCO[C@H](c2nnn3cc(-c4ccccc4)ccc23)C1. The van der Waals surface area contributed by atoms with E-state index in [-0.39, 0.29) is 17.9 Å². The second-order valence-electron chi connectivity index (χ2n) is 7.01. The normalized spacial score (nSPS) is 20.5. The maximum absolute atomic E-state index is 12.4. The second kappa shape index (κ2) is 6.21. The van der Waals surface area contributed by atoms with E-state index in [4.69, 9.17) is 4.74 Å². The molecule has 0 spiro atoms. The molecule has 1 atom stereocenters. The van der Waals surface area contributed by atoms with Crippen molar-refractivity contribution in [1.29, 1.82) is 0 Å². The van der Waals surface area contributed by atoms with Gasteiger partial charge in [-0.1, -0.05) is 41.6 Å². The zero-order valence-electron chi connectivity index (χ0n) is 14.4. The van der Waals surface area contributed by atoms with Crippen molar-refractivity contribution in [2.45, 2.75) is 18.9 Å². The molecule has 6 nitrogen and oxygen atoms in total. The first-order valence-corrected chi connectivity index (χ1v) is 9.10. The molecule has 2 aromatic heterocycles. The van der Waals surface area contributed by atoms with Gasteiger partial charge < -0.3 is 9.64 Å². The van der Waals surface area contributed by atoms with E-state index < -0.39 is 0 Å². The third kappa shape index (κ3) is 2.76. The van der Waals surface area contributed by atoms with Gasteiger partial charge in [0.1, 0.15) is 11.8 Å². The number of fused-ring (bicyclic) bond motifs is 1. The first kappa shape index (κ1) is 15.5. The topological polar surface area (TPSA) is 59.7 Å². The van der Waals surface area contributed by atoms with Crippen molar-refractivity contribution < 1.29 is 9.53 Å². The van der Waals surface area contributed by atoms with Crippen LogP contribution >= 0.6 is 0 Å². The number of aromatic nitrogens is 3. The van der Waals surface area contributed by atoms with E-state index in [0.29, 0.717) is 19.7 Å². The van der Waals surface area contributed by atoms with Crippen molar-refractivity contribution in [3.63, 3.8) is 0 Å². The molecule has 0 bridgehead atoms. The van der Waals surface area contributed by atoms with Gasteiger partial charge in [-0.3, -0.25) is 4.79 Å². The summed E-state index contributed by atoms with van der Waals surface area (Å²) >= 11 is 0. The molecule has 6 heteroatoms. The fourth-order valence-corrected chi connectivity index (χ4v) is 3.55. The molecule has 3 aromatic rings. The summed E-state index contributed by atoms with van der Waals surface area (Å²) in [5.41, 5.74) is 3.96. The van der Waals surface area contributed by atoms with Crippen LogP contribution in [0.3, 0.4) is 0 Å². The van der Waals surface area contributed by atoms with E-state index in [1.54, 1.807) is 4.52 Å². The minimum absolute atomic E-state index is 0.216. The van der Waals surface area contributed by atoms with Gasteiger partial charge in [0.05, 0.1) is 18.7 Å². The molecule has 1 saturated heterocycles. The maximum Gasteiger partial charge on any atom is 0.225 e. The number of pyridine rings is 1. The molecule has 0 radical (unpaired) electrons. The van der Waals surface area contributed by atoms with E-state index in [2.05, 4.69) is 28.5 Å². The number of nitrogens with zero attached hydrogens (tertiary/aromatic N) is 4. The highest BCUT2D eigenvalue weighted by Gasteiger charge is 2.36. The zero-order valence-corrected chi connectivity index (χ0v) is 14.4. The highest BCUT2D eigenvalue weighted by molar-refractivity contribution is 5.81. The van der Waals surface area contributed by atoms with Crippen LogP contribution in [0.4, 0.5) is 0 Å². The first-order chi connectivity index (χ1) is 12.8. The van der Waals surface area contributed by atoms with Gasteiger partial charge in [-0.15, -0.1) is 5.10 Å². The molecule has 132 valence electrons. The monoisotopic (exact) mass is 348 g/mol. The predicted octanol–water partition coefficient (Wildman–Crippen LogP) is 2.71. The lowest BCUT2D eigenvalue weighted by molar-refractivity contribution is -0.140. The lowest BCUT2D eigenvalue weighted by Gasteiger charge is -2.32. The molecule has 1 saturated carbocycles. The van der Waals surface area contributed by atoms with Crippen molar-refractivity contribution in [3.05, 3.63) is 54.4 Å². The highest BCUT2D eigenvalue weighted by atomic mass is 16.5. The van der Waals surface area contributed by atoms with Crippen molar-refractivity contribution in [1.82, 2.24) is 19.7 Å². The Morgan fingerprint density at radius 1 is 1.08 bits per heavy atom. The number of hydrogen-bond acceptors (Lipinski definition) is 4. The minimum Gasteiger partial charge on any atom is -0.368 e. The van der Waals surface area contributed by atoms with Gasteiger partial charge in [-0.25, -0.2) is 4.52 Å². The summed E-state index contributed by atoms with van der Waals surface area (Å²) in [4.78, 5) is 14.3. The van der Waals surface area contributed by atoms with Crippen LogP contribution in [-0.4, -0.2) is 45.3 Å². The number of carbonyl (C=O) groups excluding carboxylic acids is 1. The Bertz CT molecular complexity index is 949. The van der Waals surface area contributed by atoms with Crippen LogP contribution in [0.25, 0.3) is 16.6 Å². The summed E-state index contributed by atoms with van der Waals surface area (Å²) < 4.78 is 7.71. The average molecular weight is 348 g/mol. The molecule has 0 unspecified atom stereocenters. The molecular weight excluding hydrogens is 328 g/mol. The van der Waals surface area contributed by atoms with Crippen molar-refractivity contribution in [2.24, 2.45) is 5.92 Å². The Morgan fingerprint density at radius 3 is 2.73 bits per heavy atom. The molecule has 1 aliphatic heterocycles. The summed E-state index contributed by atoms with van der Waals surface area (Å²) in [5.74, 6) is 0.500. The molecule has 1 aromatic carbocycles. The Morgan fingerprint density at radius 2 is 1.92 bits per heavy atom. The summed E-state index contributed by atoms with van der Waals surface area (Å²) in [5, 5.41) is 8.64. The number of morpholine rings is 1. The van der Waals surface area contributed by atoms with Crippen LogP contribution in [0.2, 0.25) is 0 Å². The van der Waals surface area contributed by atoms with Crippen LogP contribution in [0, 0.1) is 5.92 Å². The van der Waals surface area contributed by atoms with Crippen molar-refractivity contribution in [3.8, 4) is 11.1 Å². The maximum atomic E-state index is 12.4. The third-order valence-electron chi connectivity index (χ3n) is 5.16. The zero-order chi connectivity index (χ0) is 17.5. The number of hydrogen-bond donors (Lipinski definition) is 0. The molecule has 1 amide bonds. The van der Waals surface area contributed by atoms with E-state index >= 15 is 0 Å². The predicted molar refractivity (Wildman–Crippen MR) is 96.4 cm³/mol. The van der Waals surface area contributed by atoms with E-state index in [1.165, 1.54) is 0 Å². The van der Waals surface area contributed by atoms with E-state index in [1.807, 2.05) is 35.4 Å². The lowest BCUT2D eigenvalue weighted by atomic mass is 10.1. The Hall–Kier alpha value is -2.73. The minimum atomic E-state index is -0.216.